The molecule has 4 rings (SSSR count). The lowest BCUT2D eigenvalue weighted by atomic mass is 9.89. The number of aromatic amines is 1. The number of ketones is 1. The summed E-state index contributed by atoms with van der Waals surface area (Å²) < 4.78 is 0. The molecule has 142 valence electrons. The predicted molar refractivity (Wildman–Crippen MR) is 110 cm³/mol. The molecule has 28 heavy (non-hydrogen) atoms. The van der Waals surface area contributed by atoms with Crippen molar-refractivity contribution in [1.82, 2.24) is 9.88 Å². The summed E-state index contributed by atoms with van der Waals surface area (Å²) in [5, 5.41) is 0. The zero-order chi connectivity index (χ0) is 19.5. The molecule has 4 heteroatoms. The minimum absolute atomic E-state index is 0.395. The van der Waals surface area contributed by atoms with Gasteiger partial charge in [-0.15, -0.1) is 0 Å². The van der Waals surface area contributed by atoms with Gasteiger partial charge in [-0.3, -0.25) is 9.59 Å². The Morgan fingerprint density at radius 1 is 0.929 bits per heavy atom. The summed E-state index contributed by atoms with van der Waals surface area (Å²) in [5.41, 5.74) is 4.37. The van der Waals surface area contributed by atoms with E-state index in [-0.39, 0.29) is 0 Å². The van der Waals surface area contributed by atoms with Gasteiger partial charge in [-0.05, 0) is 42.9 Å². The molecule has 1 aliphatic rings. The Morgan fingerprint density at radius 2 is 1.54 bits per heavy atom. The van der Waals surface area contributed by atoms with E-state index in [9.17, 15) is 9.59 Å². The van der Waals surface area contributed by atoms with Crippen LogP contribution in [-0.2, 0) is 4.79 Å². The molecule has 2 aromatic carbocycles. The van der Waals surface area contributed by atoms with Crippen molar-refractivity contribution in [2.75, 3.05) is 13.1 Å². The van der Waals surface area contributed by atoms with Crippen molar-refractivity contribution in [1.29, 1.82) is 0 Å². The number of amides is 1. The van der Waals surface area contributed by atoms with Gasteiger partial charge >= 0.3 is 0 Å². The predicted octanol–water partition coefficient (Wildman–Crippen LogP) is 4.58. The van der Waals surface area contributed by atoms with Crippen LogP contribution in [0.25, 0.3) is 11.3 Å². The van der Waals surface area contributed by atoms with Crippen LogP contribution in [0.3, 0.4) is 0 Å². The zero-order valence-corrected chi connectivity index (χ0v) is 16.0. The molecule has 0 atom stereocenters. The number of likely N-dealkylation sites (tertiary alicyclic amines) is 1. The molecule has 0 spiro atoms. The molecule has 1 amide bonds. The Labute approximate surface area is 165 Å². The Bertz CT molecular complexity index is 968. The third kappa shape index (κ3) is 3.63. The van der Waals surface area contributed by atoms with Gasteiger partial charge in [0.25, 0.3) is 11.7 Å². The van der Waals surface area contributed by atoms with Crippen molar-refractivity contribution >= 4 is 11.7 Å². The summed E-state index contributed by atoms with van der Waals surface area (Å²) >= 11 is 0. The number of Topliss-reactive ketones (excluding diaryl/α,β-unsaturated/α-hetero) is 1. The van der Waals surface area contributed by atoms with Crippen molar-refractivity contribution in [2.45, 2.75) is 25.7 Å². The van der Waals surface area contributed by atoms with Crippen LogP contribution >= 0.6 is 0 Å². The second-order valence-corrected chi connectivity index (χ2v) is 7.39. The van der Waals surface area contributed by atoms with E-state index in [0.29, 0.717) is 24.6 Å². The second-order valence-electron chi connectivity index (χ2n) is 7.39. The first-order valence-corrected chi connectivity index (χ1v) is 9.77. The lowest BCUT2D eigenvalue weighted by molar-refractivity contribution is -0.127. The summed E-state index contributed by atoms with van der Waals surface area (Å²) in [5.74, 6) is -0.360. The molecule has 1 aromatic heterocycles. The van der Waals surface area contributed by atoms with Gasteiger partial charge in [0.15, 0.2) is 0 Å². The molecule has 4 nitrogen and oxygen atoms in total. The van der Waals surface area contributed by atoms with Crippen molar-refractivity contribution in [2.24, 2.45) is 0 Å². The smallest absolute Gasteiger partial charge is 0.295 e. The van der Waals surface area contributed by atoms with E-state index in [1.165, 1.54) is 5.56 Å². The van der Waals surface area contributed by atoms with Gasteiger partial charge < -0.3 is 9.88 Å². The van der Waals surface area contributed by atoms with Gasteiger partial charge in [0, 0.05) is 30.0 Å². The Hall–Kier alpha value is -3.14. The number of hydrogen-bond acceptors (Lipinski definition) is 2. The van der Waals surface area contributed by atoms with E-state index in [4.69, 9.17) is 0 Å². The molecule has 0 radical (unpaired) electrons. The standard InChI is InChI=1S/C24H24N2O2/c1-17-21(16-22(25-17)20-10-6-3-7-11-20)23(27)24(28)26-14-12-19(13-15-26)18-8-4-2-5-9-18/h2-11,16,19,25H,12-15H2,1H3. The van der Waals surface area contributed by atoms with Gasteiger partial charge in [0.2, 0.25) is 0 Å². The van der Waals surface area contributed by atoms with Crippen LogP contribution < -0.4 is 0 Å². The summed E-state index contributed by atoms with van der Waals surface area (Å²) in [6.07, 6.45) is 1.79. The quantitative estimate of drug-likeness (QED) is 0.538. The van der Waals surface area contributed by atoms with Gasteiger partial charge in [-0.2, -0.15) is 0 Å². The van der Waals surface area contributed by atoms with E-state index in [1.807, 2.05) is 43.3 Å². The maximum absolute atomic E-state index is 12.8. The van der Waals surface area contributed by atoms with Crippen molar-refractivity contribution in [3.63, 3.8) is 0 Å². The van der Waals surface area contributed by atoms with Crippen LogP contribution in [0.1, 0.15) is 40.4 Å². The van der Waals surface area contributed by atoms with Crippen LogP contribution in [0.5, 0.6) is 0 Å². The topological polar surface area (TPSA) is 53.2 Å². The van der Waals surface area contributed by atoms with Crippen LogP contribution in [0.2, 0.25) is 0 Å². The van der Waals surface area contributed by atoms with E-state index >= 15 is 0 Å². The Balaban J connectivity index is 1.45. The lowest BCUT2D eigenvalue weighted by Gasteiger charge is -2.31. The number of nitrogens with one attached hydrogen (secondary N) is 1. The van der Waals surface area contributed by atoms with Gasteiger partial charge in [0.05, 0.1) is 0 Å². The number of piperidine rings is 1. The molecule has 2 heterocycles. The first-order valence-electron chi connectivity index (χ1n) is 9.77. The average molecular weight is 372 g/mol. The molecule has 0 aliphatic carbocycles. The van der Waals surface area contributed by atoms with Crippen LogP contribution in [0.4, 0.5) is 0 Å². The van der Waals surface area contributed by atoms with Crippen molar-refractivity contribution in [3.8, 4) is 11.3 Å². The molecule has 0 unspecified atom stereocenters. The molecular formula is C24H24N2O2. The fraction of sp³-hybridized carbons (Fsp3) is 0.250. The largest absolute Gasteiger partial charge is 0.358 e. The third-order valence-electron chi connectivity index (χ3n) is 5.59. The molecule has 1 fully saturated rings. The molecule has 1 saturated heterocycles. The highest BCUT2D eigenvalue weighted by atomic mass is 16.2. The minimum atomic E-state index is -0.422. The number of nitrogens with zero attached hydrogens (tertiary/aromatic N) is 1. The van der Waals surface area contributed by atoms with E-state index in [0.717, 1.165) is 29.8 Å². The lowest BCUT2D eigenvalue weighted by Crippen LogP contribution is -2.41. The maximum atomic E-state index is 12.8. The third-order valence-corrected chi connectivity index (χ3v) is 5.59. The number of rotatable bonds is 4. The van der Waals surface area contributed by atoms with Crippen LogP contribution in [0, 0.1) is 6.92 Å². The van der Waals surface area contributed by atoms with E-state index < -0.39 is 11.7 Å². The van der Waals surface area contributed by atoms with Gasteiger partial charge in [-0.25, -0.2) is 0 Å². The summed E-state index contributed by atoms with van der Waals surface area (Å²) in [4.78, 5) is 30.6. The number of hydrogen-bond donors (Lipinski definition) is 1. The average Bonchev–Trinajstić information content (AvgIpc) is 3.16. The van der Waals surface area contributed by atoms with Crippen LogP contribution in [0.15, 0.2) is 66.7 Å². The summed E-state index contributed by atoms with van der Waals surface area (Å²) in [7, 11) is 0. The highest BCUT2D eigenvalue weighted by Gasteiger charge is 2.29. The number of H-pyrrole nitrogens is 1. The van der Waals surface area contributed by atoms with Gasteiger partial charge in [-0.1, -0.05) is 60.7 Å². The van der Waals surface area contributed by atoms with Crippen molar-refractivity contribution in [3.05, 3.63) is 83.6 Å². The fourth-order valence-electron chi connectivity index (χ4n) is 3.97. The molecule has 0 bridgehead atoms. The number of aromatic nitrogens is 1. The van der Waals surface area contributed by atoms with E-state index in [1.54, 1.807) is 11.0 Å². The molecule has 0 saturated carbocycles. The number of benzene rings is 2. The minimum Gasteiger partial charge on any atom is -0.358 e. The maximum Gasteiger partial charge on any atom is 0.295 e. The zero-order valence-electron chi connectivity index (χ0n) is 16.0. The SMILES string of the molecule is Cc1[nH]c(-c2ccccc2)cc1C(=O)C(=O)N1CCC(c2ccccc2)CC1. The highest BCUT2D eigenvalue weighted by Crippen LogP contribution is 2.28. The molecule has 3 aromatic rings. The number of carbonyl (C=O) groups is 2. The Morgan fingerprint density at radius 3 is 2.18 bits per heavy atom. The van der Waals surface area contributed by atoms with E-state index in [2.05, 4.69) is 29.2 Å². The van der Waals surface area contributed by atoms with Crippen molar-refractivity contribution < 1.29 is 9.59 Å². The first kappa shape index (κ1) is 18.2. The monoisotopic (exact) mass is 372 g/mol. The second kappa shape index (κ2) is 7.85. The van der Waals surface area contributed by atoms with Crippen LogP contribution in [-0.4, -0.2) is 34.7 Å². The molecule has 1 aliphatic heterocycles. The van der Waals surface area contributed by atoms with Gasteiger partial charge in [0.1, 0.15) is 0 Å². The number of aryl methyl sites for hydroxylation is 1. The number of carbonyl (C=O) groups excluding carboxylic acids is 2. The summed E-state index contributed by atoms with van der Waals surface area (Å²) in [6.45, 7) is 3.09. The molecular weight excluding hydrogens is 348 g/mol. The summed E-state index contributed by atoms with van der Waals surface area (Å²) in [6, 6.07) is 22.0. The highest BCUT2D eigenvalue weighted by molar-refractivity contribution is 6.43. The fourth-order valence-corrected chi connectivity index (χ4v) is 3.97. The molecule has 1 N–H and O–H groups in total. The first-order chi connectivity index (χ1) is 13.6. The Kier molecular flexibility index (Phi) is 5.11. The normalized spacial score (nSPS) is 14.8.